The number of halogens is 2. The third-order valence-electron chi connectivity index (χ3n) is 2.08. The molecule has 0 saturated carbocycles. The zero-order valence-electron chi connectivity index (χ0n) is 7.50. The number of benzene rings is 1. The SMILES string of the molecule is Clc1cc(OC2CCOC2)ccc1Br. The summed E-state index contributed by atoms with van der Waals surface area (Å²) in [4.78, 5) is 0. The zero-order chi connectivity index (χ0) is 9.97. The van der Waals surface area contributed by atoms with E-state index in [1.165, 1.54) is 0 Å². The van der Waals surface area contributed by atoms with Gasteiger partial charge in [-0.15, -0.1) is 0 Å². The summed E-state index contributed by atoms with van der Waals surface area (Å²) >= 11 is 9.27. The van der Waals surface area contributed by atoms with Crippen LogP contribution in [0.25, 0.3) is 0 Å². The van der Waals surface area contributed by atoms with Crippen LogP contribution in [0, 0.1) is 0 Å². The molecule has 1 atom stereocenters. The Hall–Kier alpha value is -0.250. The third-order valence-corrected chi connectivity index (χ3v) is 3.31. The van der Waals surface area contributed by atoms with Crippen LogP contribution < -0.4 is 4.74 Å². The van der Waals surface area contributed by atoms with Crippen LogP contribution in [0.3, 0.4) is 0 Å². The van der Waals surface area contributed by atoms with Gasteiger partial charge in [0.2, 0.25) is 0 Å². The Bertz CT molecular complexity index is 324. The van der Waals surface area contributed by atoms with Gasteiger partial charge in [0, 0.05) is 10.9 Å². The lowest BCUT2D eigenvalue weighted by Gasteiger charge is -2.11. The highest BCUT2D eigenvalue weighted by atomic mass is 79.9. The molecule has 1 fully saturated rings. The van der Waals surface area contributed by atoms with E-state index in [0.29, 0.717) is 11.6 Å². The van der Waals surface area contributed by atoms with Gasteiger partial charge >= 0.3 is 0 Å². The fraction of sp³-hybridized carbons (Fsp3) is 0.400. The first-order chi connectivity index (χ1) is 6.75. The average Bonchev–Trinajstić information content (AvgIpc) is 2.64. The second kappa shape index (κ2) is 4.51. The summed E-state index contributed by atoms with van der Waals surface area (Å²) in [6.45, 7) is 1.46. The molecule has 1 saturated heterocycles. The van der Waals surface area contributed by atoms with Gasteiger partial charge in [-0.1, -0.05) is 11.6 Å². The lowest BCUT2D eigenvalue weighted by molar-refractivity contribution is 0.141. The predicted molar refractivity (Wildman–Crippen MR) is 59.0 cm³/mol. The summed E-state index contributed by atoms with van der Waals surface area (Å²) in [6.07, 6.45) is 1.13. The second-order valence-electron chi connectivity index (χ2n) is 3.18. The van der Waals surface area contributed by atoms with Crippen molar-refractivity contribution >= 4 is 27.5 Å². The molecule has 14 heavy (non-hydrogen) atoms. The number of hydrogen-bond acceptors (Lipinski definition) is 2. The standard InChI is InChI=1S/C10H10BrClO2/c11-9-2-1-7(5-10(9)12)14-8-3-4-13-6-8/h1-2,5,8H,3-4,6H2. The first-order valence-corrected chi connectivity index (χ1v) is 5.62. The second-order valence-corrected chi connectivity index (χ2v) is 4.44. The molecule has 0 aliphatic carbocycles. The zero-order valence-corrected chi connectivity index (χ0v) is 9.85. The molecule has 0 N–H and O–H groups in total. The highest BCUT2D eigenvalue weighted by Gasteiger charge is 2.17. The molecule has 1 aromatic rings. The maximum Gasteiger partial charge on any atom is 0.124 e. The third kappa shape index (κ3) is 2.41. The molecule has 76 valence electrons. The van der Waals surface area contributed by atoms with Crippen molar-refractivity contribution < 1.29 is 9.47 Å². The molecule has 0 aromatic heterocycles. The molecule has 0 radical (unpaired) electrons. The molecule has 0 spiro atoms. The van der Waals surface area contributed by atoms with Crippen LogP contribution in [0.5, 0.6) is 5.75 Å². The monoisotopic (exact) mass is 276 g/mol. The first-order valence-electron chi connectivity index (χ1n) is 4.45. The number of ether oxygens (including phenoxy) is 2. The van der Waals surface area contributed by atoms with Crippen LogP contribution in [0.15, 0.2) is 22.7 Å². The molecule has 2 rings (SSSR count). The van der Waals surface area contributed by atoms with Gasteiger partial charge in [0.15, 0.2) is 0 Å². The first kappa shape index (κ1) is 10.3. The van der Waals surface area contributed by atoms with Crippen molar-refractivity contribution in [2.45, 2.75) is 12.5 Å². The Labute approximate surface area is 96.3 Å². The van der Waals surface area contributed by atoms with Gasteiger partial charge < -0.3 is 9.47 Å². The molecule has 1 aliphatic rings. The van der Waals surface area contributed by atoms with Crippen LogP contribution in [-0.4, -0.2) is 19.3 Å². The molecule has 4 heteroatoms. The minimum absolute atomic E-state index is 0.173. The summed E-state index contributed by atoms with van der Waals surface area (Å²) in [5.74, 6) is 0.800. The van der Waals surface area contributed by atoms with Crippen LogP contribution in [-0.2, 0) is 4.74 Å². The van der Waals surface area contributed by atoms with Crippen molar-refractivity contribution in [3.63, 3.8) is 0 Å². The molecular weight excluding hydrogens is 267 g/mol. The molecule has 1 aliphatic heterocycles. The molecule has 1 heterocycles. The summed E-state index contributed by atoms with van der Waals surface area (Å²) in [7, 11) is 0. The summed E-state index contributed by atoms with van der Waals surface area (Å²) in [6, 6.07) is 5.59. The van der Waals surface area contributed by atoms with E-state index >= 15 is 0 Å². The van der Waals surface area contributed by atoms with Gasteiger partial charge in [-0.05, 0) is 34.1 Å². The Morgan fingerprint density at radius 3 is 3.00 bits per heavy atom. The highest BCUT2D eigenvalue weighted by molar-refractivity contribution is 9.10. The van der Waals surface area contributed by atoms with Crippen LogP contribution in [0.2, 0.25) is 5.02 Å². The molecule has 2 nitrogen and oxygen atoms in total. The molecule has 1 unspecified atom stereocenters. The molecular formula is C10H10BrClO2. The maximum atomic E-state index is 5.94. The van der Waals surface area contributed by atoms with Gasteiger partial charge in [-0.3, -0.25) is 0 Å². The Morgan fingerprint density at radius 1 is 1.50 bits per heavy atom. The van der Waals surface area contributed by atoms with Gasteiger partial charge in [-0.2, -0.15) is 0 Å². The normalized spacial score (nSPS) is 21.1. The highest BCUT2D eigenvalue weighted by Crippen LogP contribution is 2.27. The predicted octanol–water partition coefficient (Wildman–Crippen LogP) is 3.27. The van der Waals surface area contributed by atoms with E-state index in [1.54, 1.807) is 0 Å². The van der Waals surface area contributed by atoms with Crippen LogP contribution in [0.4, 0.5) is 0 Å². The van der Waals surface area contributed by atoms with E-state index < -0.39 is 0 Å². The fourth-order valence-corrected chi connectivity index (χ4v) is 1.77. The summed E-state index contributed by atoms with van der Waals surface area (Å²) in [5, 5.41) is 0.668. The lowest BCUT2D eigenvalue weighted by atomic mass is 10.3. The van der Waals surface area contributed by atoms with Crippen molar-refractivity contribution in [2.24, 2.45) is 0 Å². The van der Waals surface area contributed by atoms with Gasteiger partial charge in [-0.25, -0.2) is 0 Å². The number of rotatable bonds is 2. The maximum absolute atomic E-state index is 5.94. The van der Waals surface area contributed by atoms with Crippen molar-refractivity contribution in [1.82, 2.24) is 0 Å². The van der Waals surface area contributed by atoms with Crippen LogP contribution in [0.1, 0.15) is 6.42 Å². The minimum Gasteiger partial charge on any atom is -0.488 e. The van der Waals surface area contributed by atoms with Gasteiger partial charge in [0.05, 0.1) is 18.2 Å². The minimum atomic E-state index is 0.173. The van der Waals surface area contributed by atoms with E-state index in [2.05, 4.69) is 15.9 Å². The lowest BCUT2D eigenvalue weighted by Crippen LogP contribution is -2.15. The van der Waals surface area contributed by atoms with Crippen molar-refractivity contribution in [1.29, 1.82) is 0 Å². The van der Waals surface area contributed by atoms with Crippen LogP contribution >= 0.6 is 27.5 Å². The van der Waals surface area contributed by atoms with Gasteiger partial charge in [0.25, 0.3) is 0 Å². The number of hydrogen-bond donors (Lipinski definition) is 0. The van der Waals surface area contributed by atoms with E-state index in [0.717, 1.165) is 23.2 Å². The summed E-state index contributed by atoms with van der Waals surface area (Å²) in [5.41, 5.74) is 0. The van der Waals surface area contributed by atoms with Crippen molar-refractivity contribution in [3.05, 3.63) is 27.7 Å². The van der Waals surface area contributed by atoms with Crippen molar-refractivity contribution in [3.8, 4) is 5.75 Å². The van der Waals surface area contributed by atoms with E-state index in [4.69, 9.17) is 21.1 Å². The van der Waals surface area contributed by atoms with Crippen molar-refractivity contribution in [2.75, 3.05) is 13.2 Å². The Morgan fingerprint density at radius 2 is 2.36 bits per heavy atom. The quantitative estimate of drug-likeness (QED) is 0.826. The smallest absolute Gasteiger partial charge is 0.124 e. The fourth-order valence-electron chi connectivity index (χ4n) is 1.35. The van der Waals surface area contributed by atoms with E-state index in [-0.39, 0.29) is 6.10 Å². The Balaban J connectivity index is 2.05. The summed E-state index contributed by atoms with van der Waals surface area (Å²) < 4.78 is 11.8. The Kier molecular flexibility index (Phi) is 3.31. The largest absolute Gasteiger partial charge is 0.488 e. The van der Waals surface area contributed by atoms with E-state index in [9.17, 15) is 0 Å². The van der Waals surface area contributed by atoms with E-state index in [1.807, 2.05) is 18.2 Å². The molecule has 0 amide bonds. The topological polar surface area (TPSA) is 18.5 Å². The van der Waals surface area contributed by atoms with Gasteiger partial charge in [0.1, 0.15) is 11.9 Å². The molecule has 1 aromatic carbocycles. The molecule has 0 bridgehead atoms. The average molecular weight is 278 g/mol.